The third-order valence-corrected chi connectivity index (χ3v) is 4.67. The number of hydrogen-bond donors (Lipinski definition) is 1. The van der Waals surface area contributed by atoms with Crippen LogP contribution in [0.3, 0.4) is 0 Å². The topological polar surface area (TPSA) is 73.6 Å². The van der Waals surface area contributed by atoms with Crippen LogP contribution in [0.15, 0.2) is 46.9 Å². The fourth-order valence-electron chi connectivity index (χ4n) is 2.92. The lowest BCUT2D eigenvalue weighted by Gasteiger charge is -2.12. The highest BCUT2D eigenvalue weighted by atomic mass is 35.5. The second-order valence-corrected chi connectivity index (χ2v) is 6.85. The summed E-state index contributed by atoms with van der Waals surface area (Å²) in [5.74, 6) is 2.02. The van der Waals surface area contributed by atoms with Crippen LogP contribution in [0.1, 0.15) is 17.9 Å². The second kappa shape index (κ2) is 7.94. The van der Waals surface area contributed by atoms with Crippen LogP contribution in [0.4, 0.5) is 5.69 Å². The number of oxazole rings is 1. The van der Waals surface area contributed by atoms with Crippen LogP contribution in [0.2, 0.25) is 5.02 Å². The number of nitrogens with one attached hydrogen (secondary N) is 1. The predicted molar refractivity (Wildman–Crippen MR) is 106 cm³/mol. The third kappa shape index (κ3) is 3.97. The van der Waals surface area contributed by atoms with Gasteiger partial charge in [-0.1, -0.05) is 29.8 Å². The molecular weight excluding hydrogens is 380 g/mol. The van der Waals surface area contributed by atoms with Crippen molar-refractivity contribution in [2.75, 3.05) is 18.5 Å². The average Bonchev–Trinajstić information content (AvgIpc) is 2.90. The molecular formula is C21H19ClN2O4. The number of anilines is 1. The standard InChI is InChI=1S/C21H19ClN2O4/c1-13-16(24-21(28-13)14-6-3-2-4-7-14)12-20(25)23-17-11-19-18(10-15(17)22)26-8-5-9-27-19/h2-4,6-7,10-11H,5,8-9,12H2,1H3,(H,23,25). The summed E-state index contributed by atoms with van der Waals surface area (Å²) >= 11 is 6.29. The number of benzene rings is 2. The van der Waals surface area contributed by atoms with Crippen molar-refractivity contribution >= 4 is 23.2 Å². The van der Waals surface area contributed by atoms with Crippen molar-refractivity contribution in [3.05, 3.63) is 58.9 Å². The smallest absolute Gasteiger partial charge is 0.230 e. The van der Waals surface area contributed by atoms with Crippen LogP contribution in [-0.2, 0) is 11.2 Å². The van der Waals surface area contributed by atoms with Gasteiger partial charge in [0.15, 0.2) is 11.5 Å². The normalized spacial score (nSPS) is 13.1. The highest BCUT2D eigenvalue weighted by Crippen LogP contribution is 2.37. The van der Waals surface area contributed by atoms with Gasteiger partial charge in [0.1, 0.15) is 5.76 Å². The predicted octanol–water partition coefficient (Wildman–Crippen LogP) is 4.65. The van der Waals surface area contributed by atoms with Gasteiger partial charge in [0.25, 0.3) is 0 Å². The molecule has 0 saturated carbocycles. The number of hydrogen-bond acceptors (Lipinski definition) is 5. The SMILES string of the molecule is Cc1oc(-c2ccccc2)nc1CC(=O)Nc1cc2c(cc1Cl)OCCCO2. The molecule has 1 aliphatic heterocycles. The van der Waals surface area contributed by atoms with E-state index in [0.29, 0.717) is 52.8 Å². The van der Waals surface area contributed by atoms with Crippen LogP contribution in [0.25, 0.3) is 11.5 Å². The molecule has 28 heavy (non-hydrogen) atoms. The van der Waals surface area contributed by atoms with E-state index < -0.39 is 0 Å². The molecule has 7 heteroatoms. The van der Waals surface area contributed by atoms with Crippen molar-refractivity contribution in [1.29, 1.82) is 0 Å². The van der Waals surface area contributed by atoms with E-state index in [1.54, 1.807) is 19.1 Å². The molecule has 0 atom stereocenters. The van der Waals surface area contributed by atoms with Gasteiger partial charge in [-0.25, -0.2) is 4.98 Å². The number of ether oxygens (including phenoxy) is 2. The fourth-order valence-corrected chi connectivity index (χ4v) is 3.12. The zero-order valence-corrected chi connectivity index (χ0v) is 16.1. The number of rotatable bonds is 4. The molecule has 1 amide bonds. The third-order valence-electron chi connectivity index (χ3n) is 4.35. The molecule has 144 valence electrons. The highest BCUT2D eigenvalue weighted by Gasteiger charge is 2.18. The second-order valence-electron chi connectivity index (χ2n) is 6.44. The van der Waals surface area contributed by atoms with Crippen LogP contribution in [0, 0.1) is 6.92 Å². The number of fused-ring (bicyclic) bond motifs is 1. The molecule has 0 saturated heterocycles. The van der Waals surface area contributed by atoms with Crippen molar-refractivity contribution < 1.29 is 18.7 Å². The number of aromatic nitrogens is 1. The quantitative estimate of drug-likeness (QED) is 0.692. The molecule has 0 bridgehead atoms. The summed E-state index contributed by atoms with van der Waals surface area (Å²) in [4.78, 5) is 17.0. The largest absolute Gasteiger partial charge is 0.490 e. The van der Waals surface area contributed by atoms with Gasteiger partial charge in [-0.05, 0) is 19.1 Å². The Labute approximate surface area is 167 Å². The summed E-state index contributed by atoms with van der Waals surface area (Å²) in [6.07, 6.45) is 0.871. The van der Waals surface area contributed by atoms with E-state index in [9.17, 15) is 4.79 Å². The Morgan fingerprint density at radius 2 is 1.86 bits per heavy atom. The minimum atomic E-state index is -0.243. The fraction of sp³-hybridized carbons (Fsp3) is 0.238. The molecule has 4 rings (SSSR count). The first kappa shape index (κ1) is 18.4. The zero-order valence-electron chi connectivity index (χ0n) is 15.3. The first-order valence-corrected chi connectivity index (χ1v) is 9.38. The minimum Gasteiger partial charge on any atom is -0.490 e. The summed E-state index contributed by atoms with van der Waals surface area (Å²) < 4.78 is 17.0. The maximum Gasteiger partial charge on any atom is 0.230 e. The van der Waals surface area contributed by atoms with Gasteiger partial charge in [-0.3, -0.25) is 4.79 Å². The van der Waals surface area contributed by atoms with Crippen LogP contribution in [0.5, 0.6) is 11.5 Å². The lowest BCUT2D eigenvalue weighted by atomic mass is 10.2. The van der Waals surface area contributed by atoms with E-state index in [1.165, 1.54) is 0 Å². The lowest BCUT2D eigenvalue weighted by Crippen LogP contribution is -2.15. The van der Waals surface area contributed by atoms with Gasteiger partial charge in [0, 0.05) is 24.1 Å². The molecule has 0 aliphatic carbocycles. The van der Waals surface area contributed by atoms with E-state index in [0.717, 1.165) is 12.0 Å². The van der Waals surface area contributed by atoms with E-state index in [4.69, 9.17) is 25.5 Å². The van der Waals surface area contributed by atoms with Crippen LogP contribution >= 0.6 is 11.6 Å². The maximum atomic E-state index is 12.5. The highest BCUT2D eigenvalue weighted by molar-refractivity contribution is 6.34. The van der Waals surface area contributed by atoms with Gasteiger partial charge in [-0.2, -0.15) is 0 Å². The number of aryl methyl sites for hydroxylation is 1. The Morgan fingerprint density at radius 1 is 1.14 bits per heavy atom. The van der Waals surface area contributed by atoms with Gasteiger partial charge in [0.05, 0.1) is 36.0 Å². The molecule has 1 aromatic heterocycles. The summed E-state index contributed by atoms with van der Waals surface area (Å²) in [6.45, 7) is 2.93. The Hall–Kier alpha value is -2.99. The van der Waals surface area contributed by atoms with Crippen molar-refractivity contribution in [2.24, 2.45) is 0 Å². The Morgan fingerprint density at radius 3 is 2.61 bits per heavy atom. The minimum absolute atomic E-state index is 0.0763. The van der Waals surface area contributed by atoms with Crippen LogP contribution < -0.4 is 14.8 Å². The average molecular weight is 399 g/mol. The van der Waals surface area contributed by atoms with Gasteiger partial charge in [-0.15, -0.1) is 0 Å². The van der Waals surface area contributed by atoms with Crippen LogP contribution in [-0.4, -0.2) is 24.1 Å². The molecule has 1 N–H and O–H groups in total. The summed E-state index contributed by atoms with van der Waals surface area (Å²) in [7, 11) is 0. The molecule has 0 fully saturated rings. The molecule has 0 spiro atoms. The van der Waals surface area contributed by atoms with Crippen molar-refractivity contribution in [1.82, 2.24) is 4.98 Å². The first-order valence-electron chi connectivity index (χ1n) is 9.01. The van der Waals surface area contributed by atoms with E-state index >= 15 is 0 Å². The number of carbonyl (C=O) groups is 1. The summed E-state index contributed by atoms with van der Waals surface area (Å²) in [5.41, 5.74) is 1.92. The molecule has 3 aromatic rings. The first-order chi connectivity index (χ1) is 13.6. The van der Waals surface area contributed by atoms with Crippen molar-refractivity contribution in [2.45, 2.75) is 19.8 Å². The lowest BCUT2D eigenvalue weighted by molar-refractivity contribution is -0.115. The molecule has 0 unspecified atom stereocenters. The van der Waals surface area contributed by atoms with Crippen molar-refractivity contribution in [3.8, 4) is 23.0 Å². The molecule has 0 radical (unpaired) electrons. The molecule has 6 nitrogen and oxygen atoms in total. The monoisotopic (exact) mass is 398 g/mol. The Bertz CT molecular complexity index is 1000. The summed E-state index contributed by atoms with van der Waals surface area (Å²) in [5, 5.41) is 3.21. The number of nitrogens with zero attached hydrogens (tertiary/aromatic N) is 1. The Kier molecular flexibility index (Phi) is 5.21. The Balaban J connectivity index is 1.49. The van der Waals surface area contributed by atoms with Gasteiger partial charge < -0.3 is 19.2 Å². The number of halogens is 1. The number of amides is 1. The molecule has 2 aromatic carbocycles. The van der Waals surface area contributed by atoms with E-state index in [1.807, 2.05) is 30.3 Å². The molecule has 1 aliphatic rings. The maximum absolute atomic E-state index is 12.5. The van der Waals surface area contributed by atoms with Crippen molar-refractivity contribution in [3.63, 3.8) is 0 Å². The van der Waals surface area contributed by atoms with Gasteiger partial charge in [0.2, 0.25) is 11.8 Å². The zero-order chi connectivity index (χ0) is 19.5. The van der Waals surface area contributed by atoms with E-state index in [-0.39, 0.29) is 12.3 Å². The summed E-state index contributed by atoms with van der Waals surface area (Å²) in [6, 6.07) is 12.9. The molecule has 2 heterocycles. The number of carbonyl (C=O) groups excluding carboxylic acids is 1. The van der Waals surface area contributed by atoms with E-state index in [2.05, 4.69) is 10.3 Å². The van der Waals surface area contributed by atoms with Gasteiger partial charge >= 0.3 is 0 Å².